The molecule has 1 fully saturated rings. The Kier molecular flexibility index (Phi) is 5.10. The molecule has 3 heterocycles. The fourth-order valence-corrected chi connectivity index (χ4v) is 5.59. The number of H-pyrrole nitrogens is 1. The number of nitrogens with one attached hydrogen (secondary N) is 2. The van der Waals surface area contributed by atoms with Crippen LogP contribution >= 0.6 is 23.1 Å². The fourth-order valence-electron chi connectivity index (χ4n) is 3.52. The smallest absolute Gasteiger partial charge is 0.259 e. The third-order valence-electron chi connectivity index (χ3n) is 4.81. The van der Waals surface area contributed by atoms with E-state index in [4.69, 9.17) is 0 Å². The molecular formula is C17H22N4O2S2. The van der Waals surface area contributed by atoms with E-state index >= 15 is 0 Å². The average Bonchev–Trinajstić information content (AvgIpc) is 3.01. The Bertz CT molecular complexity index is 839. The van der Waals surface area contributed by atoms with Gasteiger partial charge >= 0.3 is 0 Å². The zero-order valence-electron chi connectivity index (χ0n) is 14.1. The van der Waals surface area contributed by atoms with Gasteiger partial charge in [-0.15, -0.1) is 23.1 Å². The monoisotopic (exact) mass is 378 g/mol. The Labute approximate surface area is 154 Å². The lowest BCUT2D eigenvalue weighted by molar-refractivity contribution is -0.128. The summed E-state index contributed by atoms with van der Waals surface area (Å²) < 4.78 is 0. The lowest BCUT2D eigenvalue weighted by Gasteiger charge is -2.27. The van der Waals surface area contributed by atoms with Crippen molar-refractivity contribution in [1.82, 2.24) is 20.2 Å². The molecule has 2 aromatic rings. The molecule has 0 saturated carbocycles. The number of rotatable bonds is 4. The van der Waals surface area contributed by atoms with Crippen LogP contribution in [0.25, 0.3) is 10.2 Å². The number of aryl methyl sites for hydroxylation is 2. The number of hydrogen-bond acceptors (Lipinski definition) is 6. The third-order valence-corrected chi connectivity index (χ3v) is 6.92. The molecule has 0 aromatic carbocycles. The van der Waals surface area contributed by atoms with E-state index in [9.17, 15) is 9.59 Å². The highest BCUT2D eigenvalue weighted by Crippen LogP contribution is 2.33. The van der Waals surface area contributed by atoms with E-state index < -0.39 is 0 Å². The van der Waals surface area contributed by atoms with Crippen molar-refractivity contribution in [2.24, 2.45) is 0 Å². The number of carbonyl (C=O) groups is 1. The number of hydrogen-bond donors (Lipinski definition) is 2. The first kappa shape index (κ1) is 17.1. The maximum absolute atomic E-state index is 12.5. The van der Waals surface area contributed by atoms with Crippen LogP contribution in [0.5, 0.6) is 0 Å². The first-order chi connectivity index (χ1) is 12.2. The molecule has 1 saturated heterocycles. The zero-order valence-corrected chi connectivity index (χ0v) is 15.7. The lowest BCUT2D eigenvalue weighted by atomic mass is 9.97. The Hall–Kier alpha value is -1.38. The molecule has 0 unspecified atom stereocenters. The maximum atomic E-state index is 12.5. The maximum Gasteiger partial charge on any atom is 0.259 e. The zero-order chi connectivity index (χ0) is 17.2. The molecule has 134 valence electrons. The van der Waals surface area contributed by atoms with Crippen molar-refractivity contribution in [2.45, 2.75) is 31.4 Å². The van der Waals surface area contributed by atoms with E-state index in [1.165, 1.54) is 28.6 Å². The number of carbonyl (C=O) groups excluding carboxylic acids is 1. The van der Waals surface area contributed by atoms with E-state index in [1.807, 2.05) is 4.90 Å². The third kappa shape index (κ3) is 3.61. The molecule has 0 atom stereocenters. The van der Waals surface area contributed by atoms with E-state index in [0.29, 0.717) is 17.3 Å². The van der Waals surface area contributed by atoms with Crippen molar-refractivity contribution in [3.8, 4) is 0 Å². The molecular weight excluding hydrogens is 356 g/mol. The van der Waals surface area contributed by atoms with Crippen molar-refractivity contribution in [1.29, 1.82) is 0 Å². The molecule has 1 amide bonds. The number of thiophene rings is 1. The highest BCUT2D eigenvalue weighted by molar-refractivity contribution is 7.99. The lowest BCUT2D eigenvalue weighted by Crippen LogP contribution is -2.47. The van der Waals surface area contributed by atoms with Crippen LogP contribution < -0.4 is 10.9 Å². The Morgan fingerprint density at radius 2 is 2.04 bits per heavy atom. The highest BCUT2D eigenvalue weighted by atomic mass is 32.2. The number of fused-ring (bicyclic) bond motifs is 3. The quantitative estimate of drug-likeness (QED) is 0.844. The van der Waals surface area contributed by atoms with Crippen LogP contribution in [0.2, 0.25) is 0 Å². The second kappa shape index (κ2) is 7.47. The number of piperazine rings is 1. The van der Waals surface area contributed by atoms with Gasteiger partial charge in [0.2, 0.25) is 5.91 Å². The van der Waals surface area contributed by atoms with Crippen LogP contribution in [-0.2, 0) is 23.4 Å². The molecule has 1 aliphatic carbocycles. The van der Waals surface area contributed by atoms with Gasteiger partial charge in [-0.25, -0.2) is 4.98 Å². The number of nitrogens with zero attached hydrogens (tertiary/aromatic N) is 2. The standard InChI is InChI=1S/C17H22N4O2S2/c22-14(21-7-5-18-6-8-21)10-24-9-13-19-16(23)15-11-3-1-2-4-12(11)25-17(15)20-13/h18H,1-10H2,(H,19,20,23). The van der Waals surface area contributed by atoms with E-state index in [0.717, 1.165) is 55.7 Å². The van der Waals surface area contributed by atoms with E-state index in [2.05, 4.69) is 15.3 Å². The molecule has 2 aliphatic rings. The number of aromatic nitrogens is 2. The summed E-state index contributed by atoms with van der Waals surface area (Å²) >= 11 is 3.19. The van der Waals surface area contributed by atoms with Crippen LogP contribution in [0.1, 0.15) is 29.1 Å². The Balaban J connectivity index is 1.43. The molecule has 8 heteroatoms. The van der Waals surface area contributed by atoms with Crippen molar-refractivity contribution in [3.63, 3.8) is 0 Å². The SMILES string of the molecule is O=C(CSCc1nc2sc3c(c2c(=O)[nH]1)CCCC3)N1CCNCC1. The molecule has 0 spiro atoms. The molecule has 2 aromatic heterocycles. The summed E-state index contributed by atoms with van der Waals surface area (Å²) in [6, 6.07) is 0. The van der Waals surface area contributed by atoms with Crippen LogP contribution in [0.3, 0.4) is 0 Å². The van der Waals surface area contributed by atoms with Crippen LogP contribution in [0.4, 0.5) is 0 Å². The molecule has 1 aliphatic heterocycles. The van der Waals surface area contributed by atoms with Gasteiger partial charge in [-0.1, -0.05) is 0 Å². The molecule has 2 N–H and O–H groups in total. The summed E-state index contributed by atoms with van der Waals surface area (Å²) in [6.45, 7) is 3.29. The van der Waals surface area contributed by atoms with Crippen LogP contribution in [-0.4, -0.2) is 52.7 Å². The molecule has 0 radical (unpaired) electrons. The fraction of sp³-hybridized carbons (Fsp3) is 0.588. The van der Waals surface area contributed by atoms with E-state index in [-0.39, 0.29) is 11.5 Å². The minimum absolute atomic E-state index is 0.0200. The van der Waals surface area contributed by atoms with E-state index in [1.54, 1.807) is 11.3 Å². The van der Waals surface area contributed by atoms with Crippen LogP contribution in [0.15, 0.2) is 4.79 Å². The molecule has 0 bridgehead atoms. The topological polar surface area (TPSA) is 78.1 Å². The van der Waals surface area contributed by atoms with Crippen molar-refractivity contribution >= 4 is 39.2 Å². The van der Waals surface area contributed by atoms with Gasteiger partial charge in [-0.2, -0.15) is 0 Å². The average molecular weight is 379 g/mol. The Morgan fingerprint density at radius 3 is 2.88 bits per heavy atom. The van der Waals surface area contributed by atoms with Gasteiger partial charge in [0.1, 0.15) is 10.7 Å². The number of thioether (sulfide) groups is 1. The van der Waals surface area contributed by atoms with Gasteiger partial charge in [0.25, 0.3) is 5.56 Å². The summed E-state index contributed by atoms with van der Waals surface area (Å²) in [7, 11) is 0. The highest BCUT2D eigenvalue weighted by Gasteiger charge is 2.20. The summed E-state index contributed by atoms with van der Waals surface area (Å²) in [5.74, 6) is 1.84. The van der Waals surface area contributed by atoms with Gasteiger partial charge in [0.15, 0.2) is 0 Å². The minimum Gasteiger partial charge on any atom is -0.339 e. The normalized spacial score (nSPS) is 17.7. The van der Waals surface area contributed by atoms with Gasteiger partial charge in [-0.05, 0) is 31.2 Å². The van der Waals surface area contributed by atoms with Gasteiger partial charge in [0, 0.05) is 31.1 Å². The predicted octanol–water partition coefficient (Wildman–Crippen LogP) is 1.53. The van der Waals surface area contributed by atoms with Crippen LogP contribution in [0, 0.1) is 0 Å². The predicted molar refractivity (Wildman–Crippen MR) is 102 cm³/mol. The van der Waals surface area contributed by atoms with Crippen molar-refractivity contribution in [2.75, 3.05) is 31.9 Å². The second-order valence-corrected chi connectivity index (χ2v) is 8.60. The number of amides is 1. The first-order valence-electron chi connectivity index (χ1n) is 8.82. The van der Waals surface area contributed by atoms with Gasteiger partial charge < -0.3 is 15.2 Å². The van der Waals surface area contributed by atoms with Crippen molar-refractivity contribution in [3.05, 3.63) is 26.6 Å². The number of aromatic amines is 1. The van der Waals surface area contributed by atoms with Gasteiger partial charge in [-0.3, -0.25) is 9.59 Å². The first-order valence-corrected chi connectivity index (χ1v) is 10.8. The summed E-state index contributed by atoms with van der Waals surface area (Å²) in [4.78, 5) is 36.4. The summed E-state index contributed by atoms with van der Waals surface area (Å²) in [5.41, 5.74) is 1.20. The Morgan fingerprint density at radius 1 is 1.24 bits per heavy atom. The second-order valence-electron chi connectivity index (χ2n) is 6.53. The van der Waals surface area contributed by atoms with Crippen molar-refractivity contribution < 1.29 is 4.79 Å². The minimum atomic E-state index is -0.0200. The molecule has 25 heavy (non-hydrogen) atoms. The summed E-state index contributed by atoms with van der Waals surface area (Å²) in [6.07, 6.45) is 4.42. The molecule has 4 rings (SSSR count). The summed E-state index contributed by atoms with van der Waals surface area (Å²) in [5, 5.41) is 4.04. The molecule has 6 nitrogen and oxygen atoms in total. The largest absolute Gasteiger partial charge is 0.339 e. The van der Waals surface area contributed by atoms with Gasteiger partial charge in [0.05, 0.1) is 16.9 Å².